The number of nitrogens with zero attached hydrogens (tertiary/aromatic N) is 2. The maximum absolute atomic E-state index is 9.51. The van der Waals surface area contributed by atoms with E-state index in [0.717, 1.165) is 29.6 Å². The van der Waals surface area contributed by atoms with Gasteiger partial charge in [0.05, 0.1) is 31.0 Å². The van der Waals surface area contributed by atoms with Gasteiger partial charge in [0.25, 0.3) is 0 Å². The second-order valence-electron chi connectivity index (χ2n) is 4.72. The fourth-order valence-electron chi connectivity index (χ4n) is 2.19. The number of hydrogen-bond donors (Lipinski definition) is 2. The lowest BCUT2D eigenvalue weighted by Crippen LogP contribution is -2.27. The highest BCUT2D eigenvalue weighted by Gasteiger charge is 2.26. The molecule has 0 aliphatic heterocycles. The van der Waals surface area contributed by atoms with Crippen molar-refractivity contribution in [1.82, 2.24) is 15.1 Å². The van der Waals surface area contributed by atoms with Crippen LogP contribution in [0.15, 0.2) is 0 Å². The molecule has 1 unspecified atom stereocenters. The van der Waals surface area contributed by atoms with Crippen LogP contribution in [0.3, 0.4) is 0 Å². The SMILES string of the molecule is COc1c(C(CO)NCC2CC2)c(C)nn1C. The van der Waals surface area contributed by atoms with E-state index in [-0.39, 0.29) is 12.6 Å². The summed E-state index contributed by atoms with van der Waals surface area (Å²) in [6.07, 6.45) is 2.60. The summed E-state index contributed by atoms with van der Waals surface area (Å²) in [5.74, 6) is 1.51. The summed E-state index contributed by atoms with van der Waals surface area (Å²) in [6.45, 7) is 2.97. The van der Waals surface area contributed by atoms with Gasteiger partial charge in [-0.3, -0.25) is 0 Å². The number of aryl methyl sites for hydroxylation is 2. The number of aromatic nitrogens is 2. The number of rotatable bonds is 6. The van der Waals surface area contributed by atoms with Gasteiger partial charge >= 0.3 is 0 Å². The molecule has 5 heteroatoms. The van der Waals surface area contributed by atoms with Gasteiger partial charge < -0.3 is 15.2 Å². The van der Waals surface area contributed by atoms with Crippen LogP contribution in [0.5, 0.6) is 5.88 Å². The zero-order valence-corrected chi connectivity index (χ0v) is 10.7. The molecule has 96 valence electrons. The van der Waals surface area contributed by atoms with Crippen LogP contribution in [0.25, 0.3) is 0 Å². The first-order chi connectivity index (χ1) is 8.17. The summed E-state index contributed by atoms with van der Waals surface area (Å²) in [6, 6.07) is -0.0840. The molecule has 1 aromatic heterocycles. The lowest BCUT2D eigenvalue weighted by Gasteiger charge is -2.17. The Morgan fingerprint density at radius 3 is 2.82 bits per heavy atom. The van der Waals surface area contributed by atoms with Gasteiger partial charge in [0.1, 0.15) is 0 Å². The number of nitrogens with one attached hydrogen (secondary N) is 1. The maximum atomic E-state index is 9.51. The van der Waals surface area contributed by atoms with Crippen LogP contribution in [-0.4, -0.2) is 35.1 Å². The minimum atomic E-state index is -0.0840. The molecule has 1 aromatic rings. The molecule has 1 aliphatic rings. The topological polar surface area (TPSA) is 59.3 Å². The molecular weight excluding hydrogens is 218 g/mol. The molecule has 1 atom stereocenters. The first kappa shape index (κ1) is 12.4. The van der Waals surface area contributed by atoms with E-state index in [1.165, 1.54) is 12.8 Å². The zero-order valence-electron chi connectivity index (χ0n) is 10.7. The quantitative estimate of drug-likeness (QED) is 0.770. The van der Waals surface area contributed by atoms with Gasteiger partial charge in [-0.15, -0.1) is 0 Å². The lowest BCUT2D eigenvalue weighted by molar-refractivity contribution is 0.239. The number of hydrogen-bond acceptors (Lipinski definition) is 4. The molecule has 1 saturated carbocycles. The molecule has 17 heavy (non-hydrogen) atoms. The molecule has 1 fully saturated rings. The van der Waals surface area contributed by atoms with Gasteiger partial charge in [-0.25, -0.2) is 4.68 Å². The molecular formula is C12H21N3O2. The third-order valence-corrected chi connectivity index (χ3v) is 3.29. The Morgan fingerprint density at radius 1 is 1.59 bits per heavy atom. The van der Waals surface area contributed by atoms with Gasteiger partial charge in [-0.05, 0) is 32.2 Å². The molecule has 0 bridgehead atoms. The van der Waals surface area contributed by atoms with E-state index in [9.17, 15) is 5.11 Å². The average molecular weight is 239 g/mol. The molecule has 2 N–H and O–H groups in total. The van der Waals surface area contributed by atoms with Crippen LogP contribution in [0.2, 0.25) is 0 Å². The van der Waals surface area contributed by atoms with E-state index in [2.05, 4.69) is 10.4 Å². The van der Waals surface area contributed by atoms with Gasteiger partial charge in [-0.1, -0.05) is 0 Å². The van der Waals surface area contributed by atoms with Crippen molar-refractivity contribution >= 4 is 0 Å². The highest BCUT2D eigenvalue weighted by Crippen LogP contribution is 2.31. The van der Waals surface area contributed by atoms with Crippen LogP contribution >= 0.6 is 0 Å². The average Bonchev–Trinajstić information content (AvgIpc) is 3.07. The van der Waals surface area contributed by atoms with Crippen LogP contribution < -0.4 is 10.1 Å². The molecule has 5 nitrogen and oxygen atoms in total. The number of ether oxygens (including phenoxy) is 1. The number of aliphatic hydroxyl groups excluding tert-OH is 1. The third kappa shape index (κ3) is 2.61. The molecule has 0 saturated heterocycles. The van der Waals surface area contributed by atoms with Gasteiger partial charge in [0.15, 0.2) is 0 Å². The number of methoxy groups -OCH3 is 1. The van der Waals surface area contributed by atoms with E-state index >= 15 is 0 Å². The summed E-state index contributed by atoms with van der Waals surface area (Å²) < 4.78 is 7.07. The smallest absolute Gasteiger partial charge is 0.216 e. The third-order valence-electron chi connectivity index (χ3n) is 3.29. The Hall–Kier alpha value is -1.07. The molecule has 0 spiro atoms. The first-order valence-electron chi connectivity index (χ1n) is 6.09. The maximum Gasteiger partial charge on any atom is 0.216 e. The molecule has 1 heterocycles. The summed E-state index contributed by atoms with van der Waals surface area (Å²) in [4.78, 5) is 0. The van der Waals surface area contributed by atoms with E-state index in [4.69, 9.17) is 4.74 Å². The van der Waals surface area contributed by atoms with Crippen LogP contribution in [0, 0.1) is 12.8 Å². The van der Waals surface area contributed by atoms with Crippen molar-refractivity contribution in [3.05, 3.63) is 11.3 Å². The highest BCUT2D eigenvalue weighted by molar-refractivity contribution is 5.34. The van der Waals surface area contributed by atoms with Crippen molar-refractivity contribution in [3.63, 3.8) is 0 Å². The molecule has 0 amide bonds. The van der Waals surface area contributed by atoms with Crippen molar-refractivity contribution in [2.24, 2.45) is 13.0 Å². The lowest BCUT2D eigenvalue weighted by atomic mass is 10.1. The van der Waals surface area contributed by atoms with E-state index in [1.54, 1.807) is 11.8 Å². The van der Waals surface area contributed by atoms with Crippen molar-refractivity contribution in [3.8, 4) is 5.88 Å². The Balaban J connectivity index is 2.15. The van der Waals surface area contributed by atoms with E-state index in [0.29, 0.717) is 0 Å². The second-order valence-corrected chi connectivity index (χ2v) is 4.72. The Labute approximate surface area is 102 Å². The Kier molecular flexibility index (Phi) is 3.69. The monoisotopic (exact) mass is 239 g/mol. The predicted octanol–water partition coefficient (Wildman–Crippen LogP) is 0.770. The first-order valence-corrected chi connectivity index (χ1v) is 6.09. The Bertz CT molecular complexity index is 385. The van der Waals surface area contributed by atoms with E-state index < -0.39 is 0 Å². The molecule has 0 radical (unpaired) electrons. The van der Waals surface area contributed by atoms with Crippen molar-refractivity contribution in [2.75, 3.05) is 20.3 Å². The second kappa shape index (κ2) is 5.06. The van der Waals surface area contributed by atoms with Crippen molar-refractivity contribution < 1.29 is 9.84 Å². The fraction of sp³-hybridized carbons (Fsp3) is 0.750. The molecule has 2 rings (SSSR count). The van der Waals surface area contributed by atoms with Crippen LogP contribution in [0.1, 0.15) is 30.1 Å². The fourth-order valence-corrected chi connectivity index (χ4v) is 2.19. The zero-order chi connectivity index (χ0) is 12.4. The van der Waals surface area contributed by atoms with E-state index in [1.807, 2.05) is 14.0 Å². The summed E-state index contributed by atoms with van der Waals surface area (Å²) in [5.41, 5.74) is 1.88. The summed E-state index contributed by atoms with van der Waals surface area (Å²) in [5, 5.41) is 17.2. The Morgan fingerprint density at radius 2 is 2.29 bits per heavy atom. The van der Waals surface area contributed by atoms with Crippen molar-refractivity contribution in [2.45, 2.75) is 25.8 Å². The minimum Gasteiger partial charge on any atom is -0.481 e. The van der Waals surface area contributed by atoms with Crippen LogP contribution in [-0.2, 0) is 7.05 Å². The van der Waals surface area contributed by atoms with Gasteiger partial charge in [0, 0.05) is 7.05 Å². The molecule has 0 aromatic carbocycles. The largest absolute Gasteiger partial charge is 0.481 e. The summed E-state index contributed by atoms with van der Waals surface area (Å²) in [7, 11) is 3.49. The molecule has 1 aliphatic carbocycles. The standard InChI is InChI=1S/C12H21N3O2/c1-8-11(12(17-3)15(2)14-8)10(7-16)13-6-9-4-5-9/h9-10,13,16H,4-7H2,1-3H3. The minimum absolute atomic E-state index is 0.0651. The normalized spacial score (nSPS) is 17.2. The van der Waals surface area contributed by atoms with Crippen LogP contribution in [0.4, 0.5) is 0 Å². The van der Waals surface area contributed by atoms with Crippen molar-refractivity contribution in [1.29, 1.82) is 0 Å². The van der Waals surface area contributed by atoms with Gasteiger partial charge in [-0.2, -0.15) is 5.10 Å². The summed E-state index contributed by atoms with van der Waals surface area (Å²) >= 11 is 0. The predicted molar refractivity (Wildman–Crippen MR) is 65.1 cm³/mol. The van der Waals surface area contributed by atoms with Gasteiger partial charge in [0.2, 0.25) is 5.88 Å². The number of aliphatic hydroxyl groups is 1. The highest BCUT2D eigenvalue weighted by atomic mass is 16.5.